The van der Waals surface area contributed by atoms with Crippen molar-refractivity contribution >= 4 is 22.9 Å². The number of carbonyl (C=O) groups excluding carboxylic acids is 1. The molecule has 0 saturated heterocycles. The van der Waals surface area contributed by atoms with Crippen LogP contribution in [0.3, 0.4) is 0 Å². The molecule has 3 rings (SSSR count). The van der Waals surface area contributed by atoms with Crippen LogP contribution >= 0.6 is 11.3 Å². The Morgan fingerprint density at radius 1 is 1.07 bits per heavy atom. The van der Waals surface area contributed by atoms with Gasteiger partial charge in [0.1, 0.15) is 11.5 Å². The molecule has 3 aromatic rings. The van der Waals surface area contributed by atoms with Gasteiger partial charge in [0, 0.05) is 10.9 Å². The molecule has 0 spiro atoms. The second kappa shape index (κ2) is 10.1. The third-order valence-corrected chi connectivity index (χ3v) is 5.63. The first kappa shape index (κ1) is 20.9. The van der Waals surface area contributed by atoms with E-state index in [4.69, 9.17) is 9.47 Å². The van der Waals surface area contributed by atoms with E-state index in [2.05, 4.69) is 47.9 Å². The summed E-state index contributed by atoms with van der Waals surface area (Å²) in [6, 6.07) is 17.9. The molecule has 5 nitrogen and oxygen atoms in total. The zero-order valence-electron chi connectivity index (χ0n) is 16.9. The van der Waals surface area contributed by atoms with E-state index in [0.29, 0.717) is 17.2 Å². The Kier molecular flexibility index (Phi) is 7.27. The molecule has 1 amide bonds. The summed E-state index contributed by atoms with van der Waals surface area (Å²) in [6.45, 7) is 2.31. The molecule has 0 bridgehead atoms. The molecule has 1 aromatic heterocycles. The van der Waals surface area contributed by atoms with E-state index in [-0.39, 0.29) is 18.5 Å². The number of carbonyl (C=O) groups is 1. The van der Waals surface area contributed by atoms with E-state index < -0.39 is 0 Å². The van der Waals surface area contributed by atoms with Gasteiger partial charge in [0.05, 0.1) is 32.5 Å². The zero-order valence-corrected chi connectivity index (χ0v) is 17.7. The maximum absolute atomic E-state index is 12.6. The van der Waals surface area contributed by atoms with Crippen LogP contribution in [-0.4, -0.2) is 26.7 Å². The summed E-state index contributed by atoms with van der Waals surface area (Å²) in [5.41, 5.74) is 3.01. The van der Waals surface area contributed by atoms with Crippen molar-refractivity contribution in [3.8, 4) is 11.5 Å². The summed E-state index contributed by atoms with van der Waals surface area (Å²) < 4.78 is 10.6. The average molecular weight is 411 g/mol. The van der Waals surface area contributed by atoms with Crippen LogP contribution in [-0.2, 0) is 11.2 Å². The van der Waals surface area contributed by atoms with Crippen LogP contribution in [0, 0.1) is 0 Å². The highest BCUT2D eigenvalue weighted by molar-refractivity contribution is 7.10. The Morgan fingerprint density at radius 2 is 1.86 bits per heavy atom. The number of hydrogen-bond donors (Lipinski definition) is 2. The molecule has 0 fully saturated rings. The summed E-state index contributed by atoms with van der Waals surface area (Å²) in [7, 11) is 3.16. The highest BCUT2D eigenvalue weighted by atomic mass is 32.1. The van der Waals surface area contributed by atoms with Crippen LogP contribution in [0.5, 0.6) is 11.5 Å². The molecule has 0 radical (unpaired) electrons. The summed E-state index contributed by atoms with van der Waals surface area (Å²) in [4.78, 5) is 13.8. The number of nitrogens with one attached hydrogen (secondary N) is 2. The van der Waals surface area contributed by atoms with Crippen molar-refractivity contribution in [2.45, 2.75) is 19.4 Å². The molecule has 1 unspecified atom stereocenters. The topological polar surface area (TPSA) is 59.6 Å². The fourth-order valence-electron chi connectivity index (χ4n) is 3.08. The van der Waals surface area contributed by atoms with Gasteiger partial charge in [-0.3, -0.25) is 10.1 Å². The molecule has 152 valence electrons. The SMILES string of the molecule is CCc1ccc(C(NCC(=O)Nc2cc(OC)ccc2OC)c2cccs2)cc1. The van der Waals surface area contributed by atoms with E-state index in [1.807, 2.05) is 11.4 Å². The molecular formula is C23H26N2O3S. The van der Waals surface area contributed by atoms with Crippen molar-refractivity contribution in [1.29, 1.82) is 0 Å². The van der Waals surface area contributed by atoms with Crippen LogP contribution in [0.2, 0.25) is 0 Å². The normalized spacial score (nSPS) is 11.7. The quantitative estimate of drug-likeness (QED) is 0.539. The molecule has 29 heavy (non-hydrogen) atoms. The zero-order chi connectivity index (χ0) is 20.6. The van der Waals surface area contributed by atoms with Crippen LogP contribution in [0.25, 0.3) is 0 Å². The molecule has 0 aliphatic carbocycles. The number of hydrogen-bond acceptors (Lipinski definition) is 5. The molecule has 1 heterocycles. The highest BCUT2D eigenvalue weighted by Crippen LogP contribution is 2.29. The predicted octanol–water partition coefficient (Wildman–Crippen LogP) is 4.65. The van der Waals surface area contributed by atoms with Gasteiger partial charge < -0.3 is 14.8 Å². The second-order valence-corrected chi connectivity index (χ2v) is 7.52. The van der Waals surface area contributed by atoms with E-state index in [1.54, 1.807) is 43.8 Å². The summed E-state index contributed by atoms with van der Waals surface area (Å²) in [5.74, 6) is 1.09. The second-order valence-electron chi connectivity index (χ2n) is 6.54. The van der Waals surface area contributed by atoms with E-state index in [0.717, 1.165) is 12.0 Å². The minimum atomic E-state index is -0.150. The molecule has 2 N–H and O–H groups in total. The first-order valence-corrected chi connectivity index (χ1v) is 10.4. The third-order valence-electron chi connectivity index (χ3n) is 4.70. The van der Waals surface area contributed by atoms with Crippen LogP contribution in [0.1, 0.15) is 29.0 Å². The van der Waals surface area contributed by atoms with Gasteiger partial charge in [-0.15, -0.1) is 11.3 Å². The highest BCUT2D eigenvalue weighted by Gasteiger charge is 2.17. The smallest absolute Gasteiger partial charge is 0.238 e. The van der Waals surface area contributed by atoms with Crippen LogP contribution < -0.4 is 20.1 Å². The Labute approximate surface area is 175 Å². The number of aryl methyl sites for hydroxylation is 1. The maximum atomic E-state index is 12.6. The lowest BCUT2D eigenvalue weighted by Crippen LogP contribution is -2.31. The minimum absolute atomic E-state index is 0.0427. The van der Waals surface area contributed by atoms with E-state index in [9.17, 15) is 4.79 Å². The molecular weight excluding hydrogens is 384 g/mol. The Morgan fingerprint density at radius 3 is 2.48 bits per heavy atom. The number of thiophene rings is 1. The van der Waals surface area contributed by atoms with E-state index >= 15 is 0 Å². The van der Waals surface area contributed by atoms with Crippen molar-refractivity contribution in [2.75, 3.05) is 26.1 Å². The van der Waals surface area contributed by atoms with Gasteiger partial charge in [-0.2, -0.15) is 0 Å². The molecule has 0 saturated carbocycles. The lowest BCUT2D eigenvalue weighted by molar-refractivity contribution is -0.115. The van der Waals surface area contributed by atoms with Crippen molar-refractivity contribution in [1.82, 2.24) is 5.32 Å². The van der Waals surface area contributed by atoms with Crippen LogP contribution in [0.4, 0.5) is 5.69 Å². The van der Waals surface area contributed by atoms with E-state index in [1.165, 1.54) is 10.4 Å². The van der Waals surface area contributed by atoms with Crippen molar-refractivity contribution in [3.05, 3.63) is 76.0 Å². The van der Waals surface area contributed by atoms with Gasteiger partial charge >= 0.3 is 0 Å². The number of anilines is 1. The van der Waals surface area contributed by atoms with Crippen molar-refractivity contribution in [2.24, 2.45) is 0 Å². The molecule has 1 atom stereocenters. The Hall–Kier alpha value is -2.83. The van der Waals surface area contributed by atoms with Gasteiger partial charge in [0.25, 0.3) is 0 Å². The summed E-state index contributed by atoms with van der Waals surface area (Å²) >= 11 is 1.67. The Bertz CT molecular complexity index is 924. The number of methoxy groups -OCH3 is 2. The molecule has 2 aromatic carbocycles. The molecule has 0 aliphatic rings. The average Bonchev–Trinajstić information content (AvgIpc) is 3.29. The number of ether oxygens (including phenoxy) is 2. The van der Waals surface area contributed by atoms with Gasteiger partial charge in [-0.05, 0) is 41.1 Å². The largest absolute Gasteiger partial charge is 0.497 e. The first-order chi connectivity index (χ1) is 14.1. The number of benzene rings is 2. The summed E-state index contributed by atoms with van der Waals surface area (Å²) in [6.07, 6.45) is 1.00. The fourth-order valence-corrected chi connectivity index (χ4v) is 3.91. The molecule has 0 aliphatic heterocycles. The van der Waals surface area contributed by atoms with Gasteiger partial charge in [-0.1, -0.05) is 37.3 Å². The standard InChI is InChI=1S/C23H26N2O3S/c1-4-16-7-9-17(10-8-16)23(21-6-5-13-29-21)24-15-22(26)25-19-14-18(27-2)11-12-20(19)28-3/h5-14,23-24H,4,15H2,1-3H3,(H,25,26). The molecule has 6 heteroatoms. The minimum Gasteiger partial charge on any atom is -0.497 e. The number of amides is 1. The van der Waals surface area contributed by atoms with Gasteiger partial charge in [0.2, 0.25) is 5.91 Å². The van der Waals surface area contributed by atoms with Gasteiger partial charge in [-0.25, -0.2) is 0 Å². The number of rotatable bonds is 9. The summed E-state index contributed by atoms with van der Waals surface area (Å²) in [5, 5.41) is 8.34. The lowest BCUT2D eigenvalue weighted by atomic mass is 10.0. The monoisotopic (exact) mass is 410 g/mol. The van der Waals surface area contributed by atoms with Crippen molar-refractivity contribution < 1.29 is 14.3 Å². The first-order valence-electron chi connectivity index (χ1n) is 9.52. The predicted molar refractivity (Wildman–Crippen MR) is 118 cm³/mol. The van der Waals surface area contributed by atoms with Crippen LogP contribution in [0.15, 0.2) is 60.0 Å². The lowest BCUT2D eigenvalue weighted by Gasteiger charge is -2.19. The van der Waals surface area contributed by atoms with Gasteiger partial charge in [0.15, 0.2) is 0 Å². The third kappa shape index (κ3) is 5.37. The maximum Gasteiger partial charge on any atom is 0.238 e. The van der Waals surface area contributed by atoms with Crippen molar-refractivity contribution in [3.63, 3.8) is 0 Å². The fraction of sp³-hybridized carbons (Fsp3) is 0.261. The Balaban J connectivity index is 1.72.